The minimum atomic E-state index is -1.33. The zero-order chi connectivity index (χ0) is 16.3. The Hall–Kier alpha value is -1.98. The van der Waals surface area contributed by atoms with E-state index in [9.17, 15) is 23.5 Å². The SMILES string of the molecule is CC(C(=O)NC1(C(=O)O)CCCCC1)c1c(F)cccc1F. The molecule has 1 aliphatic carbocycles. The van der Waals surface area contributed by atoms with Crippen molar-refractivity contribution in [2.75, 3.05) is 0 Å². The fourth-order valence-corrected chi connectivity index (χ4v) is 2.95. The fraction of sp³-hybridized carbons (Fsp3) is 0.500. The van der Waals surface area contributed by atoms with Crippen molar-refractivity contribution >= 4 is 11.9 Å². The molecular formula is C16H19F2NO3. The molecule has 0 spiro atoms. The Labute approximate surface area is 127 Å². The predicted octanol–water partition coefficient (Wildman–Crippen LogP) is 2.97. The third-order valence-electron chi connectivity index (χ3n) is 4.30. The van der Waals surface area contributed by atoms with Crippen LogP contribution in [0.3, 0.4) is 0 Å². The van der Waals surface area contributed by atoms with E-state index in [4.69, 9.17) is 0 Å². The van der Waals surface area contributed by atoms with Crippen molar-refractivity contribution in [2.45, 2.75) is 50.5 Å². The Bertz CT molecular complexity index is 563. The van der Waals surface area contributed by atoms with E-state index in [0.29, 0.717) is 25.7 Å². The summed E-state index contributed by atoms with van der Waals surface area (Å²) in [6, 6.07) is 3.38. The summed E-state index contributed by atoms with van der Waals surface area (Å²) in [7, 11) is 0. The predicted molar refractivity (Wildman–Crippen MR) is 76.4 cm³/mol. The van der Waals surface area contributed by atoms with Gasteiger partial charge in [0, 0.05) is 5.56 Å². The molecule has 120 valence electrons. The minimum absolute atomic E-state index is 0.334. The van der Waals surface area contributed by atoms with Gasteiger partial charge in [-0.1, -0.05) is 25.3 Å². The third-order valence-corrected chi connectivity index (χ3v) is 4.30. The van der Waals surface area contributed by atoms with Crippen LogP contribution in [0.25, 0.3) is 0 Å². The van der Waals surface area contributed by atoms with Crippen LogP contribution in [0.15, 0.2) is 18.2 Å². The van der Waals surface area contributed by atoms with Crippen LogP contribution in [-0.4, -0.2) is 22.5 Å². The highest BCUT2D eigenvalue weighted by Crippen LogP contribution is 2.30. The molecule has 0 bridgehead atoms. The average Bonchev–Trinajstić information content (AvgIpc) is 2.47. The highest BCUT2D eigenvalue weighted by atomic mass is 19.1. The van der Waals surface area contributed by atoms with Gasteiger partial charge in [-0.25, -0.2) is 13.6 Å². The Morgan fingerprint density at radius 1 is 1.18 bits per heavy atom. The van der Waals surface area contributed by atoms with Crippen molar-refractivity contribution < 1.29 is 23.5 Å². The van der Waals surface area contributed by atoms with Gasteiger partial charge < -0.3 is 10.4 Å². The van der Waals surface area contributed by atoms with Crippen molar-refractivity contribution in [3.8, 4) is 0 Å². The molecule has 1 unspecified atom stereocenters. The molecule has 1 amide bonds. The number of aliphatic carboxylic acids is 1. The zero-order valence-corrected chi connectivity index (χ0v) is 12.4. The quantitative estimate of drug-likeness (QED) is 0.898. The van der Waals surface area contributed by atoms with Gasteiger partial charge >= 0.3 is 5.97 Å². The molecule has 0 saturated heterocycles. The van der Waals surface area contributed by atoms with Crippen molar-refractivity contribution in [2.24, 2.45) is 0 Å². The number of carboxylic acids is 1. The molecule has 1 aromatic rings. The van der Waals surface area contributed by atoms with Crippen LogP contribution in [0.1, 0.15) is 50.5 Å². The van der Waals surface area contributed by atoms with Gasteiger partial charge in [0.05, 0.1) is 5.92 Å². The average molecular weight is 311 g/mol. The highest BCUT2D eigenvalue weighted by Gasteiger charge is 2.42. The second-order valence-electron chi connectivity index (χ2n) is 5.79. The molecule has 1 saturated carbocycles. The maximum absolute atomic E-state index is 13.8. The van der Waals surface area contributed by atoms with E-state index in [0.717, 1.165) is 18.6 Å². The van der Waals surface area contributed by atoms with Crippen molar-refractivity contribution in [1.82, 2.24) is 5.32 Å². The van der Waals surface area contributed by atoms with Crippen LogP contribution in [0, 0.1) is 11.6 Å². The van der Waals surface area contributed by atoms with Crippen molar-refractivity contribution in [3.05, 3.63) is 35.4 Å². The number of carbonyl (C=O) groups excluding carboxylic acids is 1. The number of carbonyl (C=O) groups is 2. The van der Waals surface area contributed by atoms with Gasteiger partial charge in [-0.15, -0.1) is 0 Å². The lowest BCUT2D eigenvalue weighted by Crippen LogP contribution is -2.56. The first-order valence-corrected chi connectivity index (χ1v) is 7.37. The summed E-state index contributed by atoms with van der Waals surface area (Å²) in [4.78, 5) is 23.9. The summed E-state index contributed by atoms with van der Waals surface area (Å²) < 4.78 is 27.5. The summed E-state index contributed by atoms with van der Waals surface area (Å²) in [5.74, 6) is -4.49. The molecule has 6 heteroatoms. The van der Waals surface area contributed by atoms with Crippen LogP contribution >= 0.6 is 0 Å². The number of rotatable bonds is 4. The minimum Gasteiger partial charge on any atom is -0.480 e. The molecule has 2 rings (SSSR count). The van der Waals surface area contributed by atoms with Gasteiger partial charge in [-0.3, -0.25) is 4.79 Å². The third kappa shape index (κ3) is 3.10. The molecule has 1 aliphatic rings. The van der Waals surface area contributed by atoms with Crippen LogP contribution in [0.5, 0.6) is 0 Å². The summed E-state index contributed by atoms with van der Waals surface area (Å²) in [5, 5.41) is 11.9. The van der Waals surface area contributed by atoms with Gasteiger partial charge in [0.1, 0.15) is 17.2 Å². The first-order valence-electron chi connectivity index (χ1n) is 7.37. The van der Waals surface area contributed by atoms with E-state index in [1.165, 1.54) is 13.0 Å². The fourth-order valence-electron chi connectivity index (χ4n) is 2.95. The summed E-state index contributed by atoms with van der Waals surface area (Å²) >= 11 is 0. The Kier molecular flexibility index (Phi) is 4.78. The van der Waals surface area contributed by atoms with Gasteiger partial charge in [0.25, 0.3) is 0 Å². The maximum atomic E-state index is 13.8. The van der Waals surface area contributed by atoms with Crippen LogP contribution < -0.4 is 5.32 Å². The zero-order valence-electron chi connectivity index (χ0n) is 12.4. The molecule has 2 N–H and O–H groups in total. The number of benzene rings is 1. The monoisotopic (exact) mass is 311 g/mol. The normalized spacial score (nSPS) is 18.5. The molecule has 1 atom stereocenters. The number of carboxylic acid groups (broad SMARTS) is 1. The van der Waals surface area contributed by atoms with Gasteiger partial charge in [-0.05, 0) is 31.9 Å². The van der Waals surface area contributed by atoms with E-state index in [1.807, 2.05) is 0 Å². The molecular weight excluding hydrogens is 292 g/mol. The number of hydrogen-bond acceptors (Lipinski definition) is 2. The van der Waals surface area contributed by atoms with Gasteiger partial charge in [0.15, 0.2) is 0 Å². The number of amides is 1. The second kappa shape index (κ2) is 6.42. The van der Waals surface area contributed by atoms with E-state index in [2.05, 4.69) is 5.32 Å². The summed E-state index contributed by atoms with van der Waals surface area (Å²) in [5.41, 5.74) is -1.66. The van der Waals surface area contributed by atoms with Crippen LogP contribution in [-0.2, 0) is 9.59 Å². The van der Waals surface area contributed by atoms with E-state index in [-0.39, 0.29) is 5.56 Å². The molecule has 0 radical (unpaired) electrons. The molecule has 0 aliphatic heterocycles. The maximum Gasteiger partial charge on any atom is 0.329 e. The van der Waals surface area contributed by atoms with E-state index in [1.54, 1.807) is 0 Å². The number of nitrogens with one attached hydrogen (secondary N) is 1. The topological polar surface area (TPSA) is 66.4 Å². The lowest BCUT2D eigenvalue weighted by Gasteiger charge is -2.34. The van der Waals surface area contributed by atoms with Crippen molar-refractivity contribution in [1.29, 1.82) is 0 Å². The van der Waals surface area contributed by atoms with E-state index >= 15 is 0 Å². The number of hydrogen-bond donors (Lipinski definition) is 2. The van der Waals surface area contributed by atoms with E-state index < -0.39 is 35.0 Å². The molecule has 4 nitrogen and oxygen atoms in total. The van der Waals surface area contributed by atoms with Crippen molar-refractivity contribution in [3.63, 3.8) is 0 Å². The Balaban J connectivity index is 2.22. The lowest BCUT2D eigenvalue weighted by atomic mass is 9.81. The Morgan fingerprint density at radius 2 is 1.73 bits per heavy atom. The smallest absolute Gasteiger partial charge is 0.329 e. The highest BCUT2D eigenvalue weighted by molar-refractivity contribution is 5.90. The summed E-state index contributed by atoms with van der Waals surface area (Å²) in [6.07, 6.45) is 2.99. The van der Waals surface area contributed by atoms with Crippen LogP contribution in [0.4, 0.5) is 8.78 Å². The molecule has 1 fully saturated rings. The van der Waals surface area contributed by atoms with Gasteiger partial charge in [0.2, 0.25) is 5.91 Å². The largest absolute Gasteiger partial charge is 0.480 e. The Morgan fingerprint density at radius 3 is 2.23 bits per heavy atom. The van der Waals surface area contributed by atoms with Crippen LogP contribution in [0.2, 0.25) is 0 Å². The standard InChI is InChI=1S/C16H19F2NO3/c1-10(13-11(17)6-5-7-12(13)18)14(20)19-16(15(21)22)8-3-2-4-9-16/h5-7,10H,2-4,8-9H2,1H3,(H,19,20)(H,21,22). The van der Waals surface area contributed by atoms with Gasteiger partial charge in [-0.2, -0.15) is 0 Å². The number of halogens is 2. The first kappa shape index (κ1) is 16.4. The molecule has 1 aromatic carbocycles. The lowest BCUT2D eigenvalue weighted by molar-refractivity contribution is -0.149. The molecule has 22 heavy (non-hydrogen) atoms. The first-order chi connectivity index (χ1) is 10.4. The molecule has 0 aromatic heterocycles. The molecule has 0 heterocycles. The summed E-state index contributed by atoms with van der Waals surface area (Å²) in [6.45, 7) is 1.37. The second-order valence-corrected chi connectivity index (χ2v) is 5.79.